The van der Waals surface area contributed by atoms with Crippen molar-refractivity contribution >= 4 is 52.5 Å². The van der Waals surface area contributed by atoms with Crippen molar-refractivity contribution in [2.75, 3.05) is 50.7 Å². The Balaban J connectivity index is 1.35. The molecule has 1 unspecified atom stereocenters. The van der Waals surface area contributed by atoms with E-state index in [0.29, 0.717) is 35.8 Å². The van der Waals surface area contributed by atoms with Gasteiger partial charge < -0.3 is 24.4 Å². The minimum absolute atomic E-state index is 0.143. The molecule has 5 rings (SSSR count). The summed E-state index contributed by atoms with van der Waals surface area (Å²) < 4.78 is 15.5. The van der Waals surface area contributed by atoms with Crippen molar-refractivity contribution in [3.63, 3.8) is 0 Å². The number of carbonyl (C=O) groups excluding carboxylic acids is 4. The molecule has 2 fully saturated rings. The van der Waals surface area contributed by atoms with Gasteiger partial charge in [0.15, 0.2) is 5.11 Å². The monoisotopic (exact) mass is 617 g/mol. The lowest BCUT2D eigenvalue weighted by Gasteiger charge is -2.25. The minimum Gasteiger partial charge on any atom is -0.497 e. The number of nitrogens with zero attached hydrogens (tertiary/aromatic N) is 4. The third-order valence-corrected chi connectivity index (χ3v) is 7.76. The molecule has 1 atom stereocenters. The number of pyridine rings is 1. The van der Waals surface area contributed by atoms with E-state index in [0.717, 1.165) is 16.2 Å². The largest absolute Gasteiger partial charge is 0.497 e. The first-order valence-corrected chi connectivity index (χ1v) is 14.3. The fourth-order valence-corrected chi connectivity index (χ4v) is 5.37. The lowest BCUT2D eigenvalue weighted by Crippen LogP contribution is -2.45. The van der Waals surface area contributed by atoms with Crippen LogP contribution in [0.2, 0.25) is 0 Å². The summed E-state index contributed by atoms with van der Waals surface area (Å²) >= 11 is 5.78. The van der Waals surface area contributed by atoms with Crippen LogP contribution in [0, 0.1) is 0 Å². The number of aromatic nitrogens is 1. The molecule has 2 aliphatic rings. The molecule has 3 heterocycles. The molecule has 0 aliphatic carbocycles. The Labute approximate surface area is 259 Å². The predicted molar refractivity (Wildman–Crippen MR) is 165 cm³/mol. The zero-order valence-corrected chi connectivity index (χ0v) is 25.0. The predicted octanol–water partition coefficient (Wildman–Crippen LogP) is 2.67. The number of methoxy groups -OCH3 is 2. The first kappa shape index (κ1) is 30.6. The molecule has 44 heavy (non-hydrogen) atoms. The Morgan fingerprint density at radius 2 is 1.70 bits per heavy atom. The summed E-state index contributed by atoms with van der Waals surface area (Å²) in [6.45, 7) is 0.688. The van der Waals surface area contributed by atoms with Crippen molar-refractivity contribution in [3.8, 4) is 11.5 Å². The molecule has 0 bridgehead atoms. The van der Waals surface area contributed by atoms with Gasteiger partial charge in [-0.1, -0.05) is 12.1 Å². The average molecular weight is 618 g/mol. The van der Waals surface area contributed by atoms with Crippen LogP contribution in [0.4, 0.5) is 11.5 Å². The van der Waals surface area contributed by atoms with E-state index in [1.807, 2.05) is 24.3 Å². The van der Waals surface area contributed by atoms with E-state index in [4.69, 9.17) is 26.4 Å². The standard InChI is InChI=1S/C31H31N5O7S/c1-41-23-9-3-20(4-10-23)13-14-34-25(17-27(37)33-26-12-11-24(42-2)18-32-26)30(40)36(31(34)44)22-7-5-21(6-8-22)29(39)35-15-16-43-19-28(35)38/h3-12,18,25H,13-17,19H2,1-2H3,(H,32,33,37). The third kappa shape index (κ3) is 6.68. The fourth-order valence-electron chi connectivity index (χ4n) is 4.95. The van der Waals surface area contributed by atoms with Crippen LogP contribution in [-0.2, 0) is 25.5 Å². The summed E-state index contributed by atoms with van der Waals surface area (Å²) in [7, 11) is 3.12. The number of imide groups is 1. The lowest BCUT2D eigenvalue weighted by atomic mass is 10.1. The van der Waals surface area contributed by atoms with Crippen LogP contribution in [0.15, 0.2) is 66.9 Å². The van der Waals surface area contributed by atoms with Gasteiger partial charge in [-0.05, 0) is 72.7 Å². The molecule has 0 radical (unpaired) electrons. The van der Waals surface area contributed by atoms with Crippen molar-refractivity contribution in [1.29, 1.82) is 0 Å². The van der Waals surface area contributed by atoms with Crippen molar-refractivity contribution in [2.45, 2.75) is 18.9 Å². The number of carbonyl (C=O) groups is 4. The van der Waals surface area contributed by atoms with E-state index in [2.05, 4.69) is 10.3 Å². The molecule has 4 amide bonds. The number of nitrogens with one attached hydrogen (secondary N) is 1. The Bertz CT molecular complexity index is 1550. The summed E-state index contributed by atoms with van der Waals surface area (Å²) in [6.07, 6.45) is 1.88. The first-order valence-electron chi connectivity index (χ1n) is 13.9. The van der Waals surface area contributed by atoms with Crippen molar-refractivity contribution < 1.29 is 33.4 Å². The average Bonchev–Trinajstić information content (AvgIpc) is 3.28. The molecule has 2 saturated heterocycles. The number of thiocarbonyl (C=S) groups is 1. The molecule has 0 spiro atoms. The molecule has 3 aromatic rings. The van der Waals surface area contributed by atoms with Crippen molar-refractivity contribution in [1.82, 2.24) is 14.8 Å². The van der Waals surface area contributed by atoms with E-state index in [9.17, 15) is 19.2 Å². The van der Waals surface area contributed by atoms with E-state index in [1.54, 1.807) is 48.4 Å². The molecule has 12 nitrogen and oxygen atoms in total. The lowest BCUT2D eigenvalue weighted by molar-refractivity contribution is -0.139. The topological polar surface area (TPSA) is 131 Å². The SMILES string of the molecule is COc1ccc(CCN2C(=S)N(c3ccc(C(=O)N4CCOCC4=O)cc3)C(=O)C2CC(=O)Nc2ccc(OC)cn2)cc1. The highest BCUT2D eigenvalue weighted by molar-refractivity contribution is 7.80. The molecule has 1 aromatic heterocycles. The summed E-state index contributed by atoms with van der Waals surface area (Å²) in [4.78, 5) is 60.4. The molecule has 2 aliphatic heterocycles. The van der Waals surface area contributed by atoms with Gasteiger partial charge in [0.1, 0.15) is 30.0 Å². The minimum atomic E-state index is -0.869. The van der Waals surface area contributed by atoms with Crippen molar-refractivity contribution in [2.24, 2.45) is 0 Å². The van der Waals surface area contributed by atoms with Gasteiger partial charge >= 0.3 is 0 Å². The summed E-state index contributed by atoms with van der Waals surface area (Å²) in [5, 5.41) is 2.97. The second-order valence-corrected chi connectivity index (χ2v) is 10.4. The van der Waals surface area contributed by atoms with Crippen LogP contribution in [-0.4, -0.2) is 90.1 Å². The fraction of sp³-hybridized carbons (Fsp3) is 0.290. The Morgan fingerprint density at radius 1 is 1.00 bits per heavy atom. The number of hydrogen-bond acceptors (Lipinski definition) is 9. The van der Waals surface area contributed by atoms with E-state index in [-0.39, 0.29) is 37.2 Å². The maximum atomic E-state index is 13.8. The smallest absolute Gasteiger partial charge is 0.260 e. The Morgan fingerprint density at radius 3 is 2.34 bits per heavy atom. The number of ether oxygens (including phenoxy) is 3. The second kappa shape index (κ2) is 13.6. The van der Waals surface area contributed by atoms with Crippen molar-refractivity contribution in [3.05, 3.63) is 78.0 Å². The van der Waals surface area contributed by atoms with Gasteiger partial charge in [0.25, 0.3) is 17.7 Å². The van der Waals surface area contributed by atoms with Gasteiger partial charge in [-0.25, -0.2) is 4.98 Å². The summed E-state index contributed by atoms with van der Waals surface area (Å²) in [5.41, 5.74) is 1.74. The zero-order chi connectivity index (χ0) is 31.2. The van der Waals surface area contributed by atoms with Gasteiger partial charge in [-0.2, -0.15) is 0 Å². The first-order chi connectivity index (χ1) is 21.3. The highest BCUT2D eigenvalue weighted by Gasteiger charge is 2.44. The number of benzene rings is 2. The second-order valence-electron chi connectivity index (χ2n) is 10.0. The van der Waals surface area contributed by atoms with E-state index < -0.39 is 23.8 Å². The quantitative estimate of drug-likeness (QED) is 0.268. The molecular weight excluding hydrogens is 586 g/mol. The molecule has 2 aromatic carbocycles. The third-order valence-electron chi connectivity index (χ3n) is 7.34. The number of anilines is 2. The van der Waals surface area contributed by atoms with Gasteiger partial charge in [0.05, 0.1) is 45.7 Å². The van der Waals surface area contributed by atoms with Crippen LogP contribution in [0.25, 0.3) is 0 Å². The molecular formula is C31H31N5O7S. The van der Waals surface area contributed by atoms with Crippen LogP contribution in [0.5, 0.6) is 11.5 Å². The van der Waals surface area contributed by atoms with E-state index in [1.165, 1.54) is 18.2 Å². The zero-order valence-electron chi connectivity index (χ0n) is 24.2. The Hall–Kier alpha value is -4.88. The maximum Gasteiger partial charge on any atom is 0.260 e. The maximum absolute atomic E-state index is 13.8. The van der Waals surface area contributed by atoms with Crippen LogP contribution >= 0.6 is 12.2 Å². The van der Waals surface area contributed by atoms with Crippen LogP contribution < -0.4 is 19.7 Å². The summed E-state index contributed by atoms with van der Waals surface area (Å²) in [6, 6.07) is 16.3. The van der Waals surface area contributed by atoms with Crippen LogP contribution in [0.3, 0.4) is 0 Å². The highest BCUT2D eigenvalue weighted by atomic mass is 32.1. The van der Waals surface area contributed by atoms with Gasteiger partial charge in [-0.15, -0.1) is 0 Å². The number of morpholine rings is 1. The molecule has 1 N–H and O–H groups in total. The van der Waals surface area contributed by atoms with Gasteiger partial charge in [-0.3, -0.25) is 29.0 Å². The van der Waals surface area contributed by atoms with E-state index >= 15 is 0 Å². The van der Waals surface area contributed by atoms with Crippen LogP contribution in [0.1, 0.15) is 22.3 Å². The molecule has 13 heteroatoms. The normalized spacial score (nSPS) is 16.7. The van der Waals surface area contributed by atoms with Gasteiger partial charge in [0.2, 0.25) is 5.91 Å². The number of amides is 4. The molecule has 0 saturated carbocycles. The number of hydrogen-bond donors (Lipinski definition) is 1. The van der Waals surface area contributed by atoms with Gasteiger partial charge in [0, 0.05) is 12.1 Å². The summed E-state index contributed by atoms with van der Waals surface area (Å²) in [5.74, 6) is -0.0225. The Kier molecular flexibility index (Phi) is 9.46. The molecule has 228 valence electrons. The number of rotatable bonds is 10. The highest BCUT2D eigenvalue weighted by Crippen LogP contribution is 2.29.